The molecule has 0 unspecified atom stereocenters. The predicted octanol–water partition coefficient (Wildman–Crippen LogP) is 1.85. The molecule has 6 nitrogen and oxygen atoms in total. The van der Waals surface area contributed by atoms with Gasteiger partial charge in [0.1, 0.15) is 0 Å². The summed E-state index contributed by atoms with van der Waals surface area (Å²) in [6.07, 6.45) is 5.90. The van der Waals surface area contributed by atoms with Crippen LogP contribution in [0.25, 0.3) is 0 Å². The molecule has 0 radical (unpaired) electrons. The number of allylic oxidation sites excluding steroid dienone is 4. The fourth-order valence-corrected chi connectivity index (χ4v) is 2.75. The van der Waals surface area contributed by atoms with Crippen LogP contribution in [0.1, 0.15) is 33.6 Å². The third-order valence-electron chi connectivity index (χ3n) is 4.82. The van der Waals surface area contributed by atoms with Gasteiger partial charge in [0.15, 0.2) is 11.6 Å². The normalized spacial score (nSPS) is 29.0. The van der Waals surface area contributed by atoms with E-state index < -0.39 is 28.7 Å². The van der Waals surface area contributed by atoms with Gasteiger partial charge in [-0.3, -0.25) is 19.2 Å². The summed E-state index contributed by atoms with van der Waals surface area (Å²) in [5.41, 5.74) is -1.61. The van der Waals surface area contributed by atoms with E-state index in [1.807, 2.05) is 0 Å². The van der Waals surface area contributed by atoms with Crippen LogP contribution in [0.4, 0.5) is 0 Å². The number of carboxylic acid groups (broad SMARTS) is 2. The number of aliphatic carboxylic acids is 2. The van der Waals surface area contributed by atoms with Gasteiger partial charge < -0.3 is 10.2 Å². The predicted molar refractivity (Wildman–Crippen MR) is 78.2 cm³/mol. The summed E-state index contributed by atoms with van der Waals surface area (Å²) in [5, 5.41) is 18.1. The molecule has 2 N–H and O–H groups in total. The van der Waals surface area contributed by atoms with Crippen LogP contribution in [0.15, 0.2) is 24.3 Å². The maximum absolute atomic E-state index is 11.1. The van der Waals surface area contributed by atoms with Gasteiger partial charge in [0.25, 0.3) is 0 Å². The molecule has 0 saturated heterocycles. The highest BCUT2D eigenvalue weighted by Gasteiger charge is 2.58. The Morgan fingerprint density at radius 3 is 1.64 bits per heavy atom. The lowest BCUT2D eigenvalue weighted by atomic mass is 9.66. The quantitative estimate of drug-likeness (QED) is 0.753. The first-order valence-corrected chi connectivity index (χ1v) is 6.92. The molecule has 0 aromatic heterocycles. The summed E-state index contributed by atoms with van der Waals surface area (Å²) in [5.74, 6) is -2.58. The van der Waals surface area contributed by atoms with Crippen molar-refractivity contribution in [2.45, 2.75) is 33.6 Å². The van der Waals surface area contributed by atoms with Crippen LogP contribution in [0.3, 0.4) is 0 Å². The molecule has 2 aliphatic carbocycles. The Labute approximate surface area is 128 Å². The zero-order chi connectivity index (χ0) is 17.1. The topological polar surface area (TPSA) is 109 Å². The van der Waals surface area contributed by atoms with Crippen molar-refractivity contribution in [1.29, 1.82) is 0 Å². The van der Waals surface area contributed by atoms with E-state index in [0.717, 1.165) is 0 Å². The molecule has 0 aromatic rings. The summed E-state index contributed by atoms with van der Waals surface area (Å²) in [6, 6.07) is 0. The molecule has 120 valence electrons. The lowest BCUT2D eigenvalue weighted by Gasteiger charge is -2.36. The summed E-state index contributed by atoms with van der Waals surface area (Å²) < 4.78 is 0. The number of carbonyl (C=O) groups excluding carboxylic acids is 2. The Morgan fingerprint density at radius 2 is 1.41 bits per heavy atom. The number of hydrogen-bond acceptors (Lipinski definition) is 4. The van der Waals surface area contributed by atoms with Crippen molar-refractivity contribution in [2.24, 2.45) is 16.7 Å². The Balaban J connectivity index is 0.000000255. The molecule has 2 aliphatic rings. The Kier molecular flexibility index (Phi) is 5.06. The molecule has 6 heteroatoms. The van der Waals surface area contributed by atoms with Gasteiger partial charge in [-0.15, -0.1) is 0 Å². The smallest absolute Gasteiger partial charge is 0.309 e. The van der Waals surface area contributed by atoms with E-state index in [9.17, 15) is 19.2 Å². The maximum Gasteiger partial charge on any atom is 0.309 e. The zero-order valence-corrected chi connectivity index (χ0v) is 12.8. The van der Waals surface area contributed by atoms with Gasteiger partial charge in [-0.05, 0) is 49.5 Å². The van der Waals surface area contributed by atoms with E-state index in [0.29, 0.717) is 12.8 Å². The third kappa shape index (κ3) is 3.32. The minimum Gasteiger partial charge on any atom is -0.481 e. The third-order valence-corrected chi connectivity index (χ3v) is 4.82. The number of rotatable bonds is 2. The van der Waals surface area contributed by atoms with Crippen LogP contribution in [0.2, 0.25) is 0 Å². The van der Waals surface area contributed by atoms with Crippen molar-refractivity contribution in [3.63, 3.8) is 0 Å². The van der Waals surface area contributed by atoms with Gasteiger partial charge in [0, 0.05) is 0 Å². The van der Waals surface area contributed by atoms with E-state index in [4.69, 9.17) is 10.2 Å². The molecule has 0 spiro atoms. The van der Waals surface area contributed by atoms with Gasteiger partial charge in [-0.25, -0.2) is 0 Å². The SMILES string of the molecule is CC1(C)[C@H](C(=O)O)CC[C@]1(C)C(=O)O.O=C1C=CC(=O)C=C1. The molecule has 0 bridgehead atoms. The van der Waals surface area contributed by atoms with Gasteiger partial charge in [-0.1, -0.05) is 13.8 Å². The first kappa shape index (κ1) is 17.8. The molecule has 2 atom stereocenters. The first-order valence-electron chi connectivity index (χ1n) is 6.92. The Bertz CT molecular complexity index is 531. The average Bonchev–Trinajstić information content (AvgIpc) is 2.66. The van der Waals surface area contributed by atoms with E-state index >= 15 is 0 Å². The molecule has 22 heavy (non-hydrogen) atoms. The molecule has 0 amide bonds. The van der Waals surface area contributed by atoms with E-state index in [1.165, 1.54) is 24.3 Å². The molecule has 2 rings (SSSR count). The fourth-order valence-electron chi connectivity index (χ4n) is 2.75. The van der Waals surface area contributed by atoms with Crippen LogP contribution >= 0.6 is 0 Å². The van der Waals surface area contributed by atoms with Crippen LogP contribution in [-0.4, -0.2) is 33.7 Å². The molecular weight excluding hydrogens is 288 g/mol. The van der Waals surface area contributed by atoms with Crippen LogP contribution in [0.5, 0.6) is 0 Å². The number of carbonyl (C=O) groups is 4. The summed E-state index contributed by atoms with van der Waals surface area (Å²) in [6.45, 7) is 5.10. The van der Waals surface area contributed by atoms with E-state index in [2.05, 4.69) is 0 Å². The Morgan fingerprint density at radius 1 is 1.00 bits per heavy atom. The fraction of sp³-hybridized carbons (Fsp3) is 0.500. The van der Waals surface area contributed by atoms with E-state index in [-0.39, 0.29) is 11.6 Å². The molecule has 1 saturated carbocycles. The lowest BCUT2D eigenvalue weighted by Crippen LogP contribution is -2.42. The molecule has 1 fully saturated rings. The second-order valence-corrected chi connectivity index (χ2v) is 6.26. The van der Waals surface area contributed by atoms with Gasteiger partial charge >= 0.3 is 11.9 Å². The van der Waals surface area contributed by atoms with Gasteiger partial charge in [0.05, 0.1) is 11.3 Å². The molecule has 0 heterocycles. The molecular formula is C16H20O6. The minimum absolute atomic E-state index is 0.121. The average molecular weight is 308 g/mol. The van der Waals surface area contributed by atoms with Crippen LogP contribution in [0, 0.1) is 16.7 Å². The molecule has 0 aromatic carbocycles. The van der Waals surface area contributed by atoms with Crippen molar-refractivity contribution in [2.75, 3.05) is 0 Å². The number of hydrogen-bond donors (Lipinski definition) is 2. The van der Waals surface area contributed by atoms with Crippen LogP contribution in [-0.2, 0) is 19.2 Å². The largest absolute Gasteiger partial charge is 0.481 e. The Hall–Kier alpha value is -2.24. The van der Waals surface area contributed by atoms with Gasteiger partial charge in [0.2, 0.25) is 0 Å². The lowest BCUT2D eigenvalue weighted by molar-refractivity contribution is -0.157. The summed E-state index contributed by atoms with van der Waals surface area (Å²) >= 11 is 0. The van der Waals surface area contributed by atoms with Crippen molar-refractivity contribution in [3.05, 3.63) is 24.3 Å². The summed E-state index contributed by atoms with van der Waals surface area (Å²) in [4.78, 5) is 42.6. The van der Waals surface area contributed by atoms with Crippen molar-refractivity contribution in [1.82, 2.24) is 0 Å². The highest BCUT2D eigenvalue weighted by atomic mass is 16.4. The monoisotopic (exact) mass is 308 g/mol. The van der Waals surface area contributed by atoms with Crippen molar-refractivity contribution in [3.8, 4) is 0 Å². The summed E-state index contributed by atoms with van der Waals surface area (Å²) in [7, 11) is 0. The van der Waals surface area contributed by atoms with Crippen LogP contribution < -0.4 is 0 Å². The highest BCUT2D eigenvalue weighted by molar-refractivity contribution is 6.14. The first-order chi connectivity index (χ1) is 10.0. The van der Waals surface area contributed by atoms with Crippen molar-refractivity contribution >= 4 is 23.5 Å². The number of ketones is 2. The second-order valence-electron chi connectivity index (χ2n) is 6.26. The second kappa shape index (κ2) is 6.25. The van der Waals surface area contributed by atoms with E-state index in [1.54, 1.807) is 20.8 Å². The number of carboxylic acids is 2. The minimum atomic E-state index is -0.921. The molecule has 0 aliphatic heterocycles. The van der Waals surface area contributed by atoms with Crippen molar-refractivity contribution < 1.29 is 29.4 Å². The maximum atomic E-state index is 11.1. The standard InChI is InChI=1S/C10H16O4.C6H4O2/c1-9(2)6(7(11)12)4-5-10(9,3)8(13)14;7-5-1-2-6(8)4-3-5/h6H,4-5H2,1-3H3,(H,11,12)(H,13,14);1-4H/t6-,10+;/m0./s1. The highest BCUT2D eigenvalue weighted by Crippen LogP contribution is 2.56. The zero-order valence-electron chi connectivity index (χ0n) is 12.8. The van der Waals surface area contributed by atoms with Gasteiger partial charge in [-0.2, -0.15) is 0 Å².